The Morgan fingerprint density at radius 3 is 2.36 bits per heavy atom. The Kier molecular flexibility index (Phi) is 4.82. The summed E-state index contributed by atoms with van der Waals surface area (Å²) in [6.45, 7) is 1.59. The molecule has 1 saturated heterocycles. The molecule has 0 spiro atoms. The molecule has 7 nitrogen and oxygen atoms in total. The molecule has 2 amide bonds. The van der Waals surface area contributed by atoms with Crippen molar-refractivity contribution in [3.8, 4) is 0 Å². The predicted molar refractivity (Wildman–Crippen MR) is 85.8 cm³/mol. The van der Waals surface area contributed by atoms with E-state index in [0.717, 1.165) is 12.1 Å². The molecule has 0 atom stereocenters. The SMILES string of the molecule is O=C(Nc1ccc(F)cc1F)C(=O)N1CCN(c2ncccn2)CC1. The van der Waals surface area contributed by atoms with E-state index in [1.54, 1.807) is 18.5 Å². The number of carbonyl (C=O) groups is 2. The second-order valence-corrected chi connectivity index (χ2v) is 5.41. The lowest BCUT2D eigenvalue weighted by Crippen LogP contribution is -2.52. The summed E-state index contributed by atoms with van der Waals surface area (Å²) in [4.78, 5) is 35.7. The molecule has 1 aromatic heterocycles. The number of halogens is 2. The first-order valence-corrected chi connectivity index (χ1v) is 7.62. The Balaban J connectivity index is 1.57. The number of nitrogens with one attached hydrogen (secondary N) is 1. The van der Waals surface area contributed by atoms with Crippen LogP contribution in [0, 0.1) is 11.6 Å². The van der Waals surface area contributed by atoms with Crippen LogP contribution in [0.25, 0.3) is 0 Å². The van der Waals surface area contributed by atoms with Crippen molar-refractivity contribution in [1.29, 1.82) is 0 Å². The van der Waals surface area contributed by atoms with Crippen LogP contribution in [0.15, 0.2) is 36.7 Å². The molecule has 1 N–H and O–H groups in total. The Morgan fingerprint density at radius 2 is 1.72 bits per heavy atom. The third-order valence-electron chi connectivity index (χ3n) is 3.78. The van der Waals surface area contributed by atoms with E-state index in [1.165, 1.54) is 4.90 Å². The third kappa shape index (κ3) is 3.87. The number of amides is 2. The number of piperazine rings is 1. The van der Waals surface area contributed by atoms with Crippen molar-refractivity contribution < 1.29 is 18.4 Å². The van der Waals surface area contributed by atoms with E-state index in [0.29, 0.717) is 38.2 Å². The van der Waals surface area contributed by atoms with Crippen molar-refractivity contribution in [3.05, 3.63) is 48.3 Å². The zero-order valence-electron chi connectivity index (χ0n) is 13.2. The van der Waals surface area contributed by atoms with Crippen molar-refractivity contribution in [1.82, 2.24) is 14.9 Å². The Hall–Kier alpha value is -3.10. The Morgan fingerprint density at radius 1 is 1.04 bits per heavy atom. The van der Waals surface area contributed by atoms with Gasteiger partial charge >= 0.3 is 11.8 Å². The quantitative estimate of drug-likeness (QED) is 0.822. The molecule has 1 aromatic carbocycles. The maximum Gasteiger partial charge on any atom is 0.313 e. The van der Waals surface area contributed by atoms with Crippen LogP contribution in [0.3, 0.4) is 0 Å². The molecule has 1 fully saturated rings. The molecule has 2 aromatic rings. The van der Waals surface area contributed by atoms with Crippen molar-refractivity contribution in [2.24, 2.45) is 0 Å². The molecule has 25 heavy (non-hydrogen) atoms. The van der Waals surface area contributed by atoms with Crippen molar-refractivity contribution in [3.63, 3.8) is 0 Å². The molecular formula is C16H15F2N5O2. The summed E-state index contributed by atoms with van der Waals surface area (Å²) in [5.41, 5.74) is -0.240. The van der Waals surface area contributed by atoms with Gasteiger partial charge in [0.05, 0.1) is 5.69 Å². The monoisotopic (exact) mass is 347 g/mol. The molecule has 0 aliphatic carbocycles. The van der Waals surface area contributed by atoms with Gasteiger partial charge in [-0.3, -0.25) is 9.59 Å². The van der Waals surface area contributed by atoms with Gasteiger partial charge in [0.1, 0.15) is 11.6 Å². The zero-order valence-corrected chi connectivity index (χ0v) is 13.2. The van der Waals surface area contributed by atoms with E-state index < -0.39 is 23.4 Å². The molecule has 0 bridgehead atoms. The summed E-state index contributed by atoms with van der Waals surface area (Å²) in [6.07, 6.45) is 3.26. The van der Waals surface area contributed by atoms with Crippen LogP contribution in [0.2, 0.25) is 0 Å². The lowest BCUT2D eigenvalue weighted by Gasteiger charge is -2.34. The predicted octanol–water partition coefficient (Wildman–Crippen LogP) is 1.04. The Labute approximate surface area is 142 Å². The fourth-order valence-electron chi connectivity index (χ4n) is 2.47. The fourth-order valence-corrected chi connectivity index (χ4v) is 2.47. The lowest BCUT2D eigenvalue weighted by atomic mass is 10.2. The number of benzene rings is 1. The summed E-state index contributed by atoms with van der Waals surface area (Å²) in [5.74, 6) is -2.87. The molecular weight excluding hydrogens is 332 g/mol. The molecule has 9 heteroatoms. The molecule has 130 valence electrons. The van der Waals surface area contributed by atoms with Gasteiger partial charge in [0.2, 0.25) is 5.95 Å². The van der Waals surface area contributed by atoms with Crippen LogP contribution in [-0.4, -0.2) is 52.9 Å². The number of carbonyl (C=O) groups excluding carboxylic acids is 2. The number of aromatic nitrogens is 2. The van der Waals surface area contributed by atoms with E-state index in [2.05, 4.69) is 15.3 Å². The van der Waals surface area contributed by atoms with Crippen LogP contribution >= 0.6 is 0 Å². The first-order valence-electron chi connectivity index (χ1n) is 7.62. The van der Waals surface area contributed by atoms with E-state index in [9.17, 15) is 18.4 Å². The first-order chi connectivity index (χ1) is 12.0. The average Bonchev–Trinajstić information content (AvgIpc) is 2.64. The fraction of sp³-hybridized carbons (Fsp3) is 0.250. The number of nitrogens with zero attached hydrogens (tertiary/aromatic N) is 4. The summed E-state index contributed by atoms with van der Waals surface area (Å²) in [7, 11) is 0. The van der Waals surface area contributed by atoms with Gasteiger partial charge in [-0.15, -0.1) is 0 Å². The van der Waals surface area contributed by atoms with Crippen LogP contribution in [0.4, 0.5) is 20.4 Å². The summed E-state index contributed by atoms with van der Waals surface area (Å²) in [6, 6.07) is 4.42. The van der Waals surface area contributed by atoms with Crippen LogP contribution < -0.4 is 10.2 Å². The van der Waals surface area contributed by atoms with Gasteiger partial charge in [-0.2, -0.15) is 0 Å². The van der Waals surface area contributed by atoms with Gasteiger partial charge in [-0.1, -0.05) is 0 Å². The highest BCUT2D eigenvalue weighted by Crippen LogP contribution is 2.15. The minimum Gasteiger partial charge on any atom is -0.337 e. The van der Waals surface area contributed by atoms with Gasteiger partial charge in [0.25, 0.3) is 0 Å². The number of rotatable bonds is 2. The maximum atomic E-state index is 13.6. The van der Waals surface area contributed by atoms with Gasteiger partial charge < -0.3 is 15.1 Å². The minimum absolute atomic E-state index is 0.240. The standard InChI is InChI=1S/C16H15F2N5O2/c17-11-2-3-13(12(18)10-11)21-14(24)15(25)22-6-8-23(9-7-22)16-19-4-1-5-20-16/h1-5,10H,6-9H2,(H,21,24). The molecule has 1 aliphatic rings. The summed E-state index contributed by atoms with van der Waals surface area (Å²) in [5, 5.41) is 2.17. The van der Waals surface area contributed by atoms with Gasteiger partial charge in [-0.05, 0) is 18.2 Å². The molecule has 1 aliphatic heterocycles. The number of anilines is 2. The van der Waals surface area contributed by atoms with Gasteiger partial charge in [0, 0.05) is 44.6 Å². The van der Waals surface area contributed by atoms with Crippen molar-refractivity contribution >= 4 is 23.5 Å². The molecule has 2 heterocycles. The molecule has 0 unspecified atom stereocenters. The maximum absolute atomic E-state index is 13.6. The van der Waals surface area contributed by atoms with Crippen LogP contribution in [-0.2, 0) is 9.59 Å². The smallest absolute Gasteiger partial charge is 0.313 e. The summed E-state index contributed by atoms with van der Waals surface area (Å²) < 4.78 is 26.4. The first kappa shape index (κ1) is 16.7. The second-order valence-electron chi connectivity index (χ2n) is 5.41. The molecule has 0 saturated carbocycles. The second kappa shape index (κ2) is 7.20. The van der Waals surface area contributed by atoms with E-state index in [-0.39, 0.29) is 5.69 Å². The minimum atomic E-state index is -0.963. The normalized spacial score (nSPS) is 14.3. The zero-order chi connectivity index (χ0) is 17.8. The third-order valence-corrected chi connectivity index (χ3v) is 3.78. The number of hydrogen-bond acceptors (Lipinski definition) is 5. The molecule has 3 rings (SSSR count). The van der Waals surface area contributed by atoms with E-state index in [1.807, 2.05) is 4.90 Å². The highest BCUT2D eigenvalue weighted by atomic mass is 19.1. The van der Waals surface area contributed by atoms with E-state index >= 15 is 0 Å². The number of hydrogen-bond donors (Lipinski definition) is 1. The van der Waals surface area contributed by atoms with Crippen molar-refractivity contribution in [2.75, 3.05) is 36.4 Å². The highest BCUT2D eigenvalue weighted by molar-refractivity contribution is 6.39. The summed E-state index contributed by atoms with van der Waals surface area (Å²) >= 11 is 0. The molecule has 0 radical (unpaired) electrons. The lowest BCUT2D eigenvalue weighted by molar-refractivity contribution is -0.143. The largest absolute Gasteiger partial charge is 0.337 e. The topological polar surface area (TPSA) is 78.4 Å². The van der Waals surface area contributed by atoms with Crippen LogP contribution in [0.5, 0.6) is 0 Å². The highest BCUT2D eigenvalue weighted by Gasteiger charge is 2.27. The van der Waals surface area contributed by atoms with Crippen LogP contribution in [0.1, 0.15) is 0 Å². The Bertz CT molecular complexity index is 779. The van der Waals surface area contributed by atoms with Gasteiger partial charge in [-0.25, -0.2) is 18.7 Å². The van der Waals surface area contributed by atoms with E-state index in [4.69, 9.17) is 0 Å². The van der Waals surface area contributed by atoms with Gasteiger partial charge in [0.15, 0.2) is 0 Å². The average molecular weight is 347 g/mol. The van der Waals surface area contributed by atoms with Crippen molar-refractivity contribution in [2.45, 2.75) is 0 Å².